The Kier molecular flexibility index (Phi) is 7.31. The lowest BCUT2D eigenvalue weighted by Crippen LogP contribution is -2.36. The Labute approximate surface area is 222 Å². The SMILES string of the molecule is COC(=O)c1cc(C#N)c(COc2nc(-c3ccc(N4CCOCC4)cc3)cc(-c3ccno3)c2C#N)s1. The van der Waals surface area contributed by atoms with Gasteiger partial charge >= 0.3 is 5.97 Å². The van der Waals surface area contributed by atoms with Crippen LogP contribution >= 0.6 is 11.3 Å². The molecule has 1 fully saturated rings. The highest BCUT2D eigenvalue weighted by Gasteiger charge is 2.21. The molecule has 190 valence electrons. The van der Waals surface area contributed by atoms with Gasteiger partial charge in [0.25, 0.3) is 0 Å². The lowest BCUT2D eigenvalue weighted by molar-refractivity contribution is 0.0606. The number of hydrogen-bond acceptors (Lipinski definition) is 11. The second-order valence-electron chi connectivity index (χ2n) is 8.21. The van der Waals surface area contributed by atoms with Gasteiger partial charge in [0.1, 0.15) is 29.2 Å². The van der Waals surface area contributed by atoms with Crippen LogP contribution in [0, 0.1) is 22.7 Å². The molecular weight excluding hydrogens is 506 g/mol. The topological polar surface area (TPSA) is 134 Å². The number of nitriles is 2. The molecule has 0 atom stereocenters. The van der Waals surface area contributed by atoms with Crippen LogP contribution in [0.4, 0.5) is 5.69 Å². The molecule has 1 aliphatic heterocycles. The molecule has 0 aliphatic carbocycles. The van der Waals surface area contributed by atoms with Gasteiger partial charge in [0, 0.05) is 36.0 Å². The van der Waals surface area contributed by atoms with Crippen molar-refractivity contribution >= 4 is 23.0 Å². The average Bonchev–Trinajstić information content (AvgIpc) is 3.66. The first-order valence-electron chi connectivity index (χ1n) is 11.6. The van der Waals surface area contributed by atoms with Gasteiger partial charge in [-0.15, -0.1) is 11.3 Å². The Bertz CT molecular complexity index is 1530. The normalized spacial score (nSPS) is 13.0. The van der Waals surface area contributed by atoms with Crippen LogP contribution in [0.3, 0.4) is 0 Å². The summed E-state index contributed by atoms with van der Waals surface area (Å²) < 4.78 is 21.5. The van der Waals surface area contributed by atoms with Crippen molar-refractivity contribution in [2.75, 3.05) is 38.3 Å². The Balaban J connectivity index is 1.50. The number of carbonyl (C=O) groups excluding carboxylic acids is 1. The van der Waals surface area contributed by atoms with Crippen LogP contribution in [0.15, 0.2) is 53.2 Å². The minimum absolute atomic E-state index is 0.0680. The third-order valence-electron chi connectivity index (χ3n) is 6.00. The number of carbonyl (C=O) groups is 1. The highest BCUT2D eigenvalue weighted by molar-refractivity contribution is 7.14. The van der Waals surface area contributed by atoms with E-state index in [0.29, 0.717) is 40.7 Å². The first-order chi connectivity index (χ1) is 18.6. The summed E-state index contributed by atoms with van der Waals surface area (Å²) in [5, 5.41) is 23.3. The summed E-state index contributed by atoms with van der Waals surface area (Å²) in [6, 6.07) is 17.1. The standard InChI is InChI=1S/C27H21N5O5S/c1-34-27(33)24-12-18(14-28)25(38-24)16-36-26-21(15-29)20(23-6-7-30-37-23)13-22(31-26)17-2-4-19(5-3-17)32-8-10-35-11-9-32/h2-7,12-13H,8-11,16H2,1H3. The molecule has 0 radical (unpaired) electrons. The van der Waals surface area contributed by atoms with E-state index >= 15 is 0 Å². The van der Waals surface area contributed by atoms with E-state index in [9.17, 15) is 15.3 Å². The number of rotatable bonds is 7. The summed E-state index contributed by atoms with van der Waals surface area (Å²) in [5.41, 5.74) is 3.41. The maximum Gasteiger partial charge on any atom is 0.348 e. The van der Waals surface area contributed by atoms with Gasteiger partial charge in [-0.05, 0) is 24.3 Å². The smallest absolute Gasteiger partial charge is 0.348 e. The molecule has 38 heavy (non-hydrogen) atoms. The number of nitrogens with zero attached hydrogens (tertiary/aromatic N) is 5. The maximum absolute atomic E-state index is 11.9. The van der Waals surface area contributed by atoms with E-state index < -0.39 is 5.97 Å². The number of morpholine rings is 1. The minimum atomic E-state index is -0.538. The van der Waals surface area contributed by atoms with Crippen molar-refractivity contribution in [3.05, 3.63) is 69.5 Å². The number of ether oxygens (including phenoxy) is 3. The molecule has 0 spiro atoms. The Morgan fingerprint density at radius 1 is 1.13 bits per heavy atom. The van der Waals surface area contributed by atoms with Crippen molar-refractivity contribution < 1.29 is 23.5 Å². The van der Waals surface area contributed by atoms with Crippen LogP contribution in [-0.4, -0.2) is 49.5 Å². The molecule has 11 heteroatoms. The molecule has 5 rings (SSSR count). The highest BCUT2D eigenvalue weighted by Crippen LogP contribution is 2.35. The number of esters is 1. The van der Waals surface area contributed by atoms with Gasteiger partial charge in [-0.2, -0.15) is 10.5 Å². The lowest BCUT2D eigenvalue weighted by atomic mass is 10.0. The first-order valence-corrected chi connectivity index (χ1v) is 12.5. The van der Waals surface area contributed by atoms with Crippen LogP contribution in [0.1, 0.15) is 25.7 Å². The fraction of sp³-hybridized carbons (Fsp3) is 0.222. The number of anilines is 1. The van der Waals surface area contributed by atoms with Crippen LogP contribution in [0.5, 0.6) is 5.88 Å². The highest BCUT2D eigenvalue weighted by atomic mass is 32.1. The van der Waals surface area contributed by atoms with Gasteiger partial charge in [-0.1, -0.05) is 17.3 Å². The second kappa shape index (κ2) is 11.1. The van der Waals surface area contributed by atoms with Gasteiger partial charge in [0.15, 0.2) is 5.76 Å². The lowest BCUT2D eigenvalue weighted by Gasteiger charge is -2.28. The molecule has 0 bridgehead atoms. The molecule has 3 aromatic heterocycles. The van der Waals surface area contributed by atoms with Crippen LogP contribution in [0.25, 0.3) is 22.6 Å². The molecule has 0 saturated carbocycles. The molecule has 0 N–H and O–H groups in total. The van der Waals surface area contributed by atoms with Crippen LogP contribution < -0.4 is 9.64 Å². The van der Waals surface area contributed by atoms with Gasteiger partial charge < -0.3 is 23.6 Å². The van der Waals surface area contributed by atoms with Gasteiger partial charge in [0.2, 0.25) is 5.88 Å². The number of benzene rings is 1. The zero-order valence-electron chi connectivity index (χ0n) is 20.3. The van der Waals surface area contributed by atoms with E-state index in [2.05, 4.69) is 27.2 Å². The number of pyridine rings is 1. The largest absolute Gasteiger partial charge is 0.471 e. The van der Waals surface area contributed by atoms with E-state index in [1.807, 2.05) is 24.3 Å². The van der Waals surface area contributed by atoms with Crippen molar-refractivity contribution in [3.63, 3.8) is 0 Å². The summed E-state index contributed by atoms with van der Waals surface area (Å²) in [6.07, 6.45) is 1.49. The third-order valence-corrected chi connectivity index (χ3v) is 7.09. The summed E-state index contributed by atoms with van der Waals surface area (Å²) >= 11 is 1.09. The van der Waals surface area contributed by atoms with Gasteiger partial charge in [0.05, 0.1) is 42.7 Å². The van der Waals surface area contributed by atoms with Crippen LogP contribution in [-0.2, 0) is 16.1 Å². The Hall–Kier alpha value is -4.71. The number of methoxy groups -OCH3 is 1. The second-order valence-corrected chi connectivity index (χ2v) is 9.35. The fourth-order valence-corrected chi connectivity index (χ4v) is 5.00. The monoisotopic (exact) mass is 527 g/mol. The van der Waals surface area contributed by atoms with E-state index in [1.165, 1.54) is 19.4 Å². The average molecular weight is 528 g/mol. The molecule has 1 aromatic carbocycles. The third kappa shape index (κ3) is 5.06. The zero-order chi connectivity index (χ0) is 26.5. The van der Waals surface area contributed by atoms with Gasteiger partial charge in [-0.25, -0.2) is 9.78 Å². The molecule has 0 unspecified atom stereocenters. The summed E-state index contributed by atoms with van der Waals surface area (Å²) in [6.45, 7) is 2.97. The minimum Gasteiger partial charge on any atom is -0.471 e. The van der Waals surface area contributed by atoms with Crippen molar-refractivity contribution in [1.82, 2.24) is 10.1 Å². The number of aromatic nitrogens is 2. The summed E-state index contributed by atoms with van der Waals surface area (Å²) in [4.78, 5) is 19.6. The van der Waals surface area contributed by atoms with Crippen LogP contribution in [0.2, 0.25) is 0 Å². The van der Waals surface area contributed by atoms with E-state index in [4.69, 9.17) is 18.7 Å². The molecular formula is C27H21N5O5S. The fourth-order valence-electron chi connectivity index (χ4n) is 4.06. The first kappa shape index (κ1) is 25.0. The number of hydrogen-bond donors (Lipinski definition) is 0. The molecule has 10 nitrogen and oxygen atoms in total. The molecule has 1 saturated heterocycles. The predicted octanol–water partition coefficient (Wildman–Crippen LogP) is 4.41. The molecule has 4 heterocycles. The van der Waals surface area contributed by atoms with Crippen molar-refractivity contribution in [2.24, 2.45) is 0 Å². The van der Waals surface area contributed by atoms with Gasteiger partial charge in [-0.3, -0.25) is 0 Å². The molecule has 1 aliphatic rings. The van der Waals surface area contributed by atoms with E-state index in [0.717, 1.165) is 35.7 Å². The molecule has 4 aromatic rings. The maximum atomic E-state index is 11.9. The number of thiophene rings is 1. The van der Waals surface area contributed by atoms with E-state index in [-0.39, 0.29) is 22.9 Å². The van der Waals surface area contributed by atoms with Crippen molar-refractivity contribution in [2.45, 2.75) is 6.61 Å². The summed E-state index contributed by atoms with van der Waals surface area (Å²) in [7, 11) is 1.28. The zero-order valence-corrected chi connectivity index (χ0v) is 21.2. The molecule has 0 amide bonds. The Morgan fingerprint density at radius 3 is 2.58 bits per heavy atom. The van der Waals surface area contributed by atoms with E-state index in [1.54, 1.807) is 12.1 Å². The van der Waals surface area contributed by atoms with Crippen molar-refractivity contribution in [3.8, 4) is 40.6 Å². The van der Waals surface area contributed by atoms with Crippen molar-refractivity contribution in [1.29, 1.82) is 10.5 Å². The quantitative estimate of drug-likeness (QED) is 0.318. The summed E-state index contributed by atoms with van der Waals surface area (Å²) in [5.74, 6) is -0.0731. The Morgan fingerprint density at radius 2 is 1.92 bits per heavy atom. The predicted molar refractivity (Wildman–Crippen MR) is 138 cm³/mol.